The molecule has 4 heteroatoms. The first-order chi connectivity index (χ1) is 9.13. The molecule has 2 unspecified atom stereocenters. The number of nitrogens with one attached hydrogen (secondary N) is 1. The molecule has 1 N–H and O–H groups in total. The third-order valence-corrected chi connectivity index (χ3v) is 3.53. The summed E-state index contributed by atoms with van der Waals surface area (Å²) < 4.78 is 0. The van der Waals surface area contributed by atoms with Crippen LogP contribution in [0.2, 0.25) is 0 Å². The van der Waals surface area contributed by atoms with Gasteiger partial charge in [-0.15, -0.1) is 0 Å². The van der Waals surface area contributed by atoms with Gasteiger partial charge in [-0.1, -0.05) is 18.2 Å². The Morgan fingerprint density at radius 2 is 2.32 bits per heavy atom. The summed E-state index contributed by atoms with van der Waals surface area (Å²) in [5.74, 6) is -0.115. The fraction of sp³-hybridized carbons (Fsp3) is 0.467. The van der Waals surface area contributed by atoms with Crippen LogP contribution in [0.15, 0.2) is 24.3 Å². The summed E-state index contributed by atoms with van der Waals surface area (Å²) >= 11 is 0. The van der Waals surface area contributed by atoms with Crippen LogP contribution in [-0.2, 0) is 4.79 Å². The average Bonchev–Trinajstić information content (AvgIpc) is 2.45. The van der Waals surface area contributed by atoms with E-state index < -0.39 is 0 Å². The molecule has 0 saturated carbocycles. The zero-order chi connectivity index (χ0) is 13.8. The first kappa shape index (κ1) is 13.4. The number of hydrogen-bond donors (Lipinski definition) is 1. The van der Waals surface area contributed by atoms with E-state index in [0.29, 0.717) is 6.54 Å². The summed E-state index contributed by atoms with van der Waals surface area (Å²) in [5.41, 5.74) is 2.11. The van der Waals surface area contributed by atoms with Crippen LogP contribution < -0.4 is 5.32 Å². The number of anilines is 1. The van der Waals surface area contributed by atoms with Gasteiger partial charge in [-0.3, -0.25) is 4.79 Å². The highest BCUT2D eigenvalue weighted by molar-refractivity contribution is 5.86. The lowest BCUT2D eigenvalue weighted by Crippen LogP contribution is -2.36. The Balaban J connectivity index is 2.15. The number of nitrogens with zero attached hydrogens (tertiary/aromatic N) is 2. The van der Waals surface area contributed by atoms with Gasteiger partial charge in [-0.05, 0) is 25.0 Å². The van der Waals surface area contributed by atoms with E-state index in [1.807, 2.05) is 31.2 Å². The number of para-hydroxylation sites is 1. The zero-order valence-corrected chi connectivity index (χ0v) is 11.4. The van der Waals surface area contributed by atoms with Gasteiger partial charge in [0.05, 0.1) is 17.9 Å². The molecule has 0 aromatic heterocycles. The topological polar surface area (TPSA) is 56.1 Å². The average molecular weight is 257 g/mol. The normalized spacial score (nSPS) is 18.7. The van der Waals surface area contributed by atoms with Gasteiger partial charge in [0.2, 0.25) is 5.91 Å². The summed E-state index contributed by atoms with van der Waals surface area (Å²) in [5, 5.41) is 12.2. The molecule has 0 radical (unpaired) electrons. The maximum atomic E-state index is 12.5. The molecule has 0 spiro atoms. The van der Waals surface area contributed by atoms with Crippen LogP contribution in [0.1, 0.15) is 24.8 Å². The van der Waals surface area contributed by atoms with E-state index in [9.17, 15) is 4.79 Å². The van der Waals surface area contributed by atoms with Gasteiger partial charge in [0.15, 0.2) is 0 Å². The number of amides is 1. The van der Waals surface area contributed by atoms with E-state index >= 15 is 0 Å². The number of nitriles is 1. The van der Waals surface area contributed by atoms with Gasteiger partial charge in [0.1, 0.15) is 0 Å². The van der Waals surface area contributed by atoms with Crippen molar-refractivity contribution in [2.45, 2.75) is 19.3 Å². The van der Waals surface area contributed by atoms with Crippen molar-refractivity contribution in [1.29, 1.82) is 5.26 Å². The van der Waals surface area contributed by atoms with Crippen LogP contribution >= 0.6 is 0 Å². The molecule has 1 aliphatic heterocycles. The molecule has 2 rings (SSSR count). The Labute approximate surface area is 114 Å². The number of likely N-dealkylation sites (N-methyl/N-ethyl adjacent to an activating group) is 1. The van der Waals surface area contributed by atoms with Crippen LogP contribution in [0.3, 0.4) is 0 Å². The fourth-order valence-corrected chi connectivity index (χ4v) is 2.53. The van der Waals surface area contributed by atoms with Crippen LogP contribution in [0.5, 0.6) is 0 Å². The summed E-state index contributed by atoms with van der Waals surface area (Å²) in [7, 11) is 1.78. The Morgan fingerprint density at radius 3 is 3.05 bits per heavy atom. The number of hydrogen-bond acceptors (Lipinski definition) is 3. The Hall–Kier alpha value is -2.02. The quantitative estimate of drug-likeness (QED) is 0.903. The molecule has 1 aromatic carbocycles. The van der Waals surface area contributed by atoms with Crippen LogP contribution in [0.4, 0.5) is 5.69 Å². The Kier molecular flexibility index (Phi) is 4.06. The van der Waals surface area contributed by atoms with Crippen molar-refractivity contribution in [3.05, 3.63) is 29.8 Å². The van der Waals surface area contributed by atoms with Gasteiger partial charge >= 0.3 is 0 Å². The van der Waals surface area contributed by atoms with Crippen LogP contribution in [0.25, 0.3) is 0 Å². The van der Waals surface area contributed by atoms with Gasteiger partial charge in [0, 0.05) is 25.8 Å². The van der Waals surface area contributed by atoms with E-state index in [1.165, 1.54) is 0 Å². The number of fused-ring (bicyclic) bond motifs is 1. The minimum atomic E-state index is -0.133. The Morgan fingerprint density at radius 1 is 1.58 bits per heavy atom. The number of benzene rings is 1. The standard InChI is InChI=1S/C15H19N3O/c1-11(9-16)10-18(2)15(19)13-7-8-17-14-6-4-3-5-12(13)14/h3-6,11,13,17H,7-8,10H2,1-2H3. The number of carbonyl (C=O) groups is 1. The molecule has 100 valence electrons. The molecule has 1 amide bonds. The second-order valence-corrected chi connectivity index (χ2v) is 5.10. The lowest BCUT2D eigenvalue weighted by Gasteiger charge is -2.29. The highest BCUT2D eigenvalue weighted by Gasteiger charge is 2.28. The van der Waals surface area contributed by atoms with E-state index in [1.54, 1.807) is 11.9 Å². The summed E-state index contributed by atoms with van der Waals surface area (Å²) in [6.45, 7) is 3.14. The molecule has 0 fully saturated rings. The number of carbonyl (C=O) groups excluding carboxylic acids is 1. The number of rotatable bonds is 3. The van der Waals surface area contributed by atoms with E-state index in [4.69, 9.17) is 5.26 Å². The monoisotopic (exact) mass is 257 g/mol. The van der Waals surface area contributed by atoms with Gasteiger partial charge in [-0.25, -0.2) is 0 Å². The third-order valence-electron chi connectivity index (χ3n) is 3.53. The smallest absolute Gasteiger partial charge is 0.230 e. The highest BCUT2D eigenvalue weighted by atomic mass is 16.2. The van der Waals surface area contributed by atoms with E-state index in [0.717, 1.165) is 24.2 Å². The minimum Gasteiger partial charge on any atom is -0.385 e. The molecule has 19 heavy (non-hydrogen) atoms. The minimum absolute atomic E-state index is 0.0895. The SMILES string of the molecule is CC(C#N)CN(C)C(=O)C1CCNc2ccccc21. The summed E-state index contributed by atoms with van der Waals surface area (Å²) in [4.78, 5) is 14.2. The first-order valence-corrected chi connectivity index (χ1v) is 6.61. The second-order valence-electron chi connectivity index (χ2n) is 5.10. The second kappa shape index (κ2) is 5.75. The fourth-order valence-electron chi connectivity index (χ4n) is 2.53. The highest BCUT2D eigenvalue weighted by Crippen LogP contribution is 2.32. The molecule has 1 heterocycles. The van der Waals surface area contributed by atoms with Crippen molar-refractivity contribution in [1.82, 2.24) is 4.90 Å². The molecule has 0 aliphatic carbocycles. The van der Waals surface area contributed by atoms with Crippen molar-refractivity contribution in [2.75, 3.05) is 25.5 Å². The van der Waals surface area contributed by atoms with Gasteiger partial charge in [-0.2, -0.15) is 5.26 Å². The maximum absolute atomic E-state index is 12.5. The van der Waals surface area contributed by atoms with Crippen molar-refractivity contribution in [3.63, 3.8) is 0 Å². The lowest BCUT2D eigenvalue weighted by molar-refractivity contribution is -0.132. The van der Waals surface area contributed by atoms with E-state index in [-0.39, 0.29) is 17.7 Å². The van der Waals surface area contributed by atoms with Crippen molar-refractivity contribution >= 4 is 11.6 Å². The molecule has 1 aliphatic rings. The van der Waals surface area contributed by atoms with Crippen LogP contribution in [-0.4, -0.2) is 30.9 Å². The van der Waals surface area contributed by atoms with Crippen molar-refractivity contribution < 1.29 is 4.79 Å². The largest absolute Gasteiger partial charge is 0.385 e. The molecule has 1 aromatic rings. The third kappa shape index (κ3) is 2.87. The first-order valence-electron chi connectivity index (χ1n) is 6.61. The molecule has 0 bridgehead atoms. The van der Waals surface area contributed by atoms with Crippen LogP contribution in [0, 0.1) is 17.2 Å². The summed E-state index contributed by atoms with van der Waals surface area (Å²) in [6.07, 6.45) is 0.807. The molecule has 4 nitrogen and oxygen atoms in total. The predicted octanol–water partition coefficient (Wildman–Crippen LogP) is 2.20. The molecular formula is C15H19N3O. The van der Waals surface area contributed by atoms with Crippen molar-refractivity contribution in [3.8, 4) is 6.07 Å². The van der Waals surface area contributed by atoms with Gasteiger partial charge < -0.3 is 10.2 Å². The molecular weight excluding hydrogens is 238 g/mol. The van der Waals surface area contributed by atoms with Crippen molar-refractivity contribution in [2.24, 2.45) is 5.92 Å². The summed E-state index contributed by atoms with van der Waals surface area (Å²) in [6, 6.07) is 10.1. The molecule has 0 saturated heterocycles. The lowest BCUT2D eigenvalue weighted by atomic mass is 9.89. The predicted molar refractivity (Wildman–Crippen MR) is 74.7 cm³/mol. The van der Waals surface area contributed by atoms with E-state index in [2.05, 4.69) is 11.4 Å². The maximum Gasteiger partial charge on any atom is 0.230 e. The van der Waals surface area contributed by atoms with Gasteiger partial charge in [0.25, 0.3) is 0 Å². The Bertz CT molecular complexity index is 506. The molecule has 2 atom stereocenters. The zero-order valence-electron chi connectivity index (χ0n) is 11.4.